The van der Waals surface area contributed by atoms with Crippen molar-refractivity contribution in [3.05, 3.63) is 64.7 Å². The maximum Gasteiger partial charge on any atom is 0.310 e. The van der Waals surface area contributed by atoms with E-state index in [0.29, 0.717) is 11.6 Å². The molecule has 0 unspecified atom stereocenters. The molecule has 22 heavy (non-hydrogen) atoms. The van der Waals surface area contributed by atoms with Crippen LogP contribution < -0.4 is 4.74 Å². The number of pyridine rings is 1. The lowest BCUT2D eigenvalue weighted by Gasteiger charge is -2.03. The lowest BCUT2D eigenvalue weighted by Crippen LogP contribution is -2.00. The van der Waals surface area contributed by atoms with E-state index in [1.54, 1.807) is 36.7 Å². The Morgan fingerprint density at radius 2 is 1.95 bits per heavy atom. The van der Waals surface area contributed by atoms with E-state index in [-0.39, 0.29) is 18.0 Å². The second kappa shape index (κ2) is 6.00. The largest absolute Gasteiger partial charge is 0.479 e. The van der Waals surface area contributed by atoms with Gasteiger partial charge in [0.05, 0.1) is 4.92 Å². The van der Waals surface area contributed by atoms with Crippen molar-refractivity contribution in [1.29, 1.82) is 0 Å². The van der Waals surface area contributed by atoms with Crippen molar-refractivity contribution in [3.8, 4) is 17.1 Å². The third-order valence-electron chi connectivity index (χ3n) is 2.90. The minimum absolute atomic E-state index is 0.0585. The molecule has 1 N–H and O–H groups in total. The molecule has 1 aromatic carbocycles. The first-order valence-corrected chi connectivity index (χ1v) is 6.42. The number of nitro groups is 1. The summed E-state index contributed by atoms with van der Waals surface area (Å²) in [6, 6.07) is 9.76. The van der Waals surface area contributed by atoms with E-state index in [2.05, 4.69) is 20.2 Å². The van der Waals surface area contributed by atoms with E-state index >= 15 is 0 Å². The van der Waals surface area contributed by atoms with Gasteiger partial charge in [0.1, 0.15) is 6.61 Å². The van der Waals surface area contributed by atoms with Crippen LogP contribution in [-0.4, -0.2) is 25.1 Å². The number of rotatable bonds is 5. The smallest absolute Gasteiger partial charge is 0.310 e. The molecule has 8 nitrogen and oxygen atoms in total. The Bertz CT molecular complexity index is 788. The highest BCUT2D eigenvalue weighted by atomic mass is 16.6. The average molecular weight is 297 g/mol. The van der Waals surface area contributed by atoms with Crippen molar-refractivity contribution in [1.82, 2.24) is 20.2 Å². The first-order chi connectivity index (χ1) is 10.7. The van der Waals surface area contributed by atoms with Crippen LogP contribution in [0.2, 0.25) is 0 Å². The predicted molar refractivity (Wildman–Crippen MR) is 77.0 cm³/mol. The van der Waals surface area contributed by atoms with Crippen molar-refractivity contribution in [3.63, 3.8) is 0 Å². The topological polar surface area (TPSA) is 107 Å². The number of ether oxygens (including phenoxy) is 1. The highest BCUT2D eigenvalue weighted by Crippen LogP contribution is 2.26. The van der Waals surface area contributed by atoms with Crippen molar-refractivity contribution >= 4 is 5.69 Å². The van der Waals surface area contributed by atoms with Crippen molar-refractivity contribution in [2.75, 3.05) is 0 Å². The minimum Gasteiger partial charge on any atom is -0.479 e. The molecule has 8 heteroatoms. The second-order valence-electron chi connectivity index (χ2n) is 4.36. The molecule has 0 aliphatic heterocycles. The molecule has 0 fully saturated rings. The first kappa shape index (κ1) is 13.7. The van der Waals surface area contributed by atoms with Crippen molar-refractivity contribution in [2.24, 2.45) is 0 Å². The Morgan fingerprint density at radius 1 is 1.18 bits per heavy atom. The lowest BCUT2D eigenvalue weighted by atomic mass is 10.2. The lowest BCUT2D eigenvalue weighted by molar-refractivity contribution is -0.385. The summed E-state index contributed by atoms with van der Waals surface area (Å²) in [7, 11) is 0. The fourth-order valence-corrected chi connectivity index (χ4v) is 1.87. The van der Waals surface area contributed by atoms with Crippen LogP contribution in [-0.2, 0) is 6.61 Å². The van der Waals surface area contributed by atoms with Gasteiger partial charge in [0, 0.05) is 24.0 Å². The molecule has 0 aliphatic carbocycles. The highest BCUT2D eigenvalue weighted by Gasteiger charge is 2.14. The zero-order valence-electron chi connectivity index (χ0n) is 11.3. The third kappa shape index (κ3) is 2.90. The summed E-state index contributed by atoms with van der Waals surface area (Å²) in [6.07, 6.45) is 3.30. The summed E-state index contributed by atoms with van der Waals surface area (Å²) in [5.41, 5.74) is 0.736. The van der Waals surface area contributed by atoms with Crippen molar-refractivity contribution in [2.45, 2.75) is 6.61 Å². The number of H-pyrrole nitrogens is 1. The number of nitrogens with zero attached hydrogens (tertiary/aromatic N) is 4. The van der Waals surface area contributed by atoms with Gasteiger partial charge in [-0.25, -0.2) is 4.98 Å². The molecule has 2 aromatic heterocycles. The zero-order valence-corrected chi connectivity index (χ0v) is 11.3. The highest BCUT2D eigenvalue weighted by molar-refractivity contribution is 5.53. The van der Waals surface area contributed by atoms with Gasteiger partial charge in [-0.15, -0.1) is 0 Å². The first-order valence-electron chi connectivity index (χ1n) is 6.42. The molecule has 0 spiro atoms. The number of nitrogens with one attached hydrogen (secondary N) is 1. The molecule has 3 rings (SSSR count). The number of hydrogen-bond acceptors (Lipinski definition) is 6. The molecule has 2 heterocycles. The molecule has 0 aliphatic rings. The molecule has 110 valence electrons. The van der Waals surface area contributed by atoms with Gasteiger partial charge in [0.2, 0.25) is 0 Å². The summed E-state index contributed by atoms with van der Waals surface area (Å²) < 4.78 is 5.45. The number of hydrogen-bond donors (Lipinski definition) is 1. The number of aromatic nitrogens is 4. The molecule has 0 atom stereocenters. The van der Waals surface area contributed by atoms with E-state index in [4.69, 9.17) is 4.74 Å². The SMILES string of the molecule is O=[N+]([O-])c1ccccc1OCc1nc(-c2ccncc2)n[nH]1. The third-order valence-corrected chi connectivity index (χ3v) is 2.90. The average Bonchev–Trinajstić information content (AvgIpc) is 3.03. The number of nitro benzene ring substituents is 1. The van der Waals surface area contributed by atoms with Crippen LogP contribution in [0.25, 0.3) is 11.4 Å². The van der Waals surface area contributed by atoms with Crippen LogP contribution in [0.4, 0.5) is 5.69 Å². The van der Waals surface area contributed by atoms with E-state index in [1.165, 1.54) is 12.1 Å². The Labute approximate surface area is 125 Å². The van der Waals surface area contributed by atoms with E-state index in [0.717, 1.165) is 5.56 Å². The van der Waals surface area contributed by atoms with Crippen LogP contribution in [0.15, 0.2) is 48.8 Å². The Hall–Kier alpha value is -3.29. The number of para-hydroxylation sites is 2. The van der Waals surface area contributed by atoms with Gasteiger partial charge in [0.25, 0.3) is 0 Å². The van der Waals surface area contributed by atoms with Crippen LogP contribution >= 0.6 is 0 Å². The van der Waals surface area contributed by atoms with Gasteiger partial charge in [-0.3, -0.25) is 20.2 Å². The van der Waals surface area contributed by atoms with Gasteiger partial charge in [-0.2, -0.15) is 5.10 Å². The van der Waals surface area contributed by atoms with E-state index in [1.807, 2.05) is 0 Å². The van der Waals surface area contributed by atoms with Crippen LogP contribution in [0, 0.1) is 10.1 Å². The summed E-state index contributed by atoms with van der Waals surface area (Å²) in [6.45, 7) is 0.0585. The van der Waals surface area contributed by atoms with E-state index in [9.17, 15) is 10.1 Å². The fourth-order valence-electron chi connectivity index (χ4n) is 1.87. The molecular formula is C14H11N5O3. The normalized spacial score (nSPS) is 10.4. The second-order valence-corrected chi connectivity index (χ2v) is 4.36. The summed E-state index contributed by atoms with van der Waals surface area (Å²) >= 11 is 0. The quantitative estimate of drug-likeness (QED) is 0.572. The summed E-state index contributed by atoms with van der Waals surface area (Å²) in [4.78, 5) is 18.6. The Balaban J connectivity index is 1.73. The van der Waals surface area contributed by atoms with Gasteiger partial charge >= 0.3 is 5.69 Å². The molecule has 3 aromatic rings. The Kier molecular flexibility index (Phi) is 3.73. The van der Waals surface area contributed by atoms with Gasteiger partial charge in [-0.1, -0.05) is 12.1 Å². The maximum absolute atomic E-state index is 10.9. The van der Waals surface area contributed by atoms with Crippen LogP contribution in [0.5, 0.6) is 5.75 Å². The number of benzene rings is 1. The molecule has 0 saturated carbocycles. The van der Waals surface area contributed by atoms with Crippen molar-refractivity contribution < 1.29 is 9.66 Å². The van der Waals surface area contributed by atoms with Gasteiger partial charge in [-0.05, 0) is 18.2 Å². The summed E-state index contributed by atoms with van der Waals surface area (Å²) in [5.74, 6) is 1.18. The van der Waals surface area contributed by atoms with Crippen LogP contribution in [0.1, 0.15) is 5.82 Å². The monoisotopic (exact) mass is 297 g/mol. The van der Waals surface area contributed by atoms with E-state index < -0.39 is 4.92 Å². The van der Waals surface area contributed by atoms with Gasteiger partial charge in [0.15, 0.2) is 17.4 Å². The Morgan fingerprint density at radius 3 is 2.73 bits per heavy atom. The molecule has 0 bridgehead atoms. The molecule has 0 radical (unpaired) electrons. The fraction of sp³-hybridized carbons (Fsp3) is 0.0714. The zero-order chi connectivity index (χ0) is 15.4. The summed E-state index contributed by atoms with van der Waals surface area (Å²) in [5, 5.41) is 17.7. The van der Waals surface area contributed by atoms with Gasteiger partial charge < -0.3 is 4.74 Å². The maximum atomic E-state index is 10.9. The molecule has 0 amide bonds. The minimum atomic E-state index is -0.488. The van der Waals surface area contributed by atoms with Crippen LogP contribution in [0.3, 0.4) is 0 Å². The molecular weight excluding hydrogens is 286 g/mol. The standard InChI is InChI=1S/C14H11N5O3/c20-19(21)11-3-1-2-4-12(11)22-9-13-16-14(18-17-13)10-5-7-15-8-6-10/h1-8H,9H2,(H,16,17,18). The number of aromatic amines is 1. The molecule has 0 saturated heterocycles. The predicted octanol–water partition coefficient (Wildman–Crippen LogP) is 2.35.